The van der Waals surface area contributed by atoms with Crippen LogP contribution in [0.4, 0.5) is 0 Å². The number of nitrogens with zero attached hydrogens (tertiary/aromatic N) is 4. The van der Waals surface area contributed by atoms with E-state index in [1.807, 2.05) is 36.4 Å². The summed E-state index contributed by atoms with van der Waals surface area (Å²) >= 11 is 3.08. The van der Waals surface area contributed by atoms with Gasteiger partial charge in [0.15, 0.2) is 0 Å². The van der Waals surface area contributed by atoms with Gasteiger partial charge in [-0.15, -0.1) is 0 Å². The summed E-state index contributed by atoms with van der Waals surface area (Å²) < 4.78 is 2.35. The van der Waals surface area contributed by atoms with E-state index < -0.39 is 0 Å². The molecule has 2 atom stereocenters. The van der Waals surface area contributed by atoms with Gasteiger partial charge in [-0.2, -0.15) is 0 Å². The van der Waals surface area contributed by atoms with Crippen molar-refractivity contribution < 1.29 is 0 Å². The van der Waals surface area contributed by atoms with Crippen LogP contribution < -0.4 is 8.70 Å². The monoisotopic (exact) mass is 386 g/mol. The molecule has 0 aliphatic carbocycles. The van der Waals surface area contributed by atoms with E-state index in [-0.39, 0.29) is 0 Å². The Morgan fingerprint density at radius 3 is 1.25 bits per heavy atom. The van der Waals surface area contributed by atoms with Crippen LogP contribution in [0.2, 0.25) is 0 Å². The number of hydrogen-bond donors (Lipinski definition) is 0. The molecule has 2 aromatic carbocycles. The Kier molecular flexibility index (Phi) is 3.95. The molecule has 1 heterocycles. The second-order valence-electron chi connectivity index (χ2n) is 4.22. The number of benzene rings is 2. The first-order valence-electron chi connectivity index (χ1n) is 6.03. The van der Waals surface area contributed by atoms with Crippen molar-refractivity contribution in [2.75, 3.05) is 0 Å². The van der Waals surface area contributed by atoms with E-state index in [1.54, 1.807) is 33.7 Å². The third-order valence-electron chi connectivity index (χ3n) is 2.88. The van der Waals surface area contributed by atoms with Crippen molar-refractivity contribution in [2.45, 2.75) is 0 Å². The summed E-state index contributed by atoms with van der Waals surface area (Å²) in [5.41, 5.74) is 1.99. The molecular weight excluding hydrogens is 374 g/mol. The normalized spacial score (nSPS) is 10.5. The standard InChI is InChI=1S/C14H12As2N4/c15-11-7-3-1-5-9(11)13-17-19-14(20-18-13)10-6-2-4-8-12(10)16/h1-8H,15-16H2. The molecule has 0 bridgehead atoms. The third-order valence-corrected chi connectivity index (χ3v) is 4.99. The predicted octanol–water partition coefficient (Wildman–Crippen LogP) is -0.883. The Labute approximate surface area is 134 Å². The number of aromatic nitrogens is 4. The van der Waals surface area contributed by atoms with E-state index >= 15 is 0 Å². The molecule has 2 unspecified atom stereocenters. The Morgan fingerprint density at radius 2 is 0.900 bits per heavy atom. The Bertz CT molecular complexity index is 680. The predicted molar refractivity (Wildman–Crippen MR) is 84.9 cm³/mol. The molecule has 1 aromatic heterocycles. The number of rotatable bonds is 2. The van der Waals surface area contributed by atoms with Gasteiger partial charge in [0, 0.05) is 0 Å². The van der Waals surface area contributed by atoms with Crippen LogP contribution in [-0.4, -0.2) is 54.1 Å². The van der Waals surface area contributed by atoms with Crippen molar-refractivity contribution in [3.05, 3.63) is 48.5 Å². The molecule has 0 N–H and O–H groups in total. The summed E-state index contributed by atoms with van der Waals surface area (Å²) in [6.07, 6.45) is 0. The van der Waals surface area contributed by atoms with E-state index in [1.165, 1.54) is 8.70 Å². The van der Waals surface area contributed by atoms with E-state index in [4.69, 9.17) is 0 Å². The molecular formula is C14H12As2N4. The van der Waals surface area contributed by atoms with Gasteiger partial charge in [0.1, 0.15) is 0 Å². The second-order valence-corrected chi connectivity index (χ2v) is 6.83. The van der Waals surface area contributed by atoms with Gasteiger partial charge in [0.25, 0.3) is 0 Å². The Morgan fingerprint density at radius 1 is 0.550 bits per heavy atom. The van der Waals surface area contributed by atoms with Crippen LogP contribution in [0, 0.1) is 0 Å². The molecule has 0 aliphatic rings. The van der Waals surface area contributed by atoms with E-state index in [0.717, 1.165) is 11.1 Å². The minimum atomic E-state index is 0.577. The summed E-state index contributed by atoms with van der Waals surface area (Å²) in [6.45, 7) is 0. The van der Waals surface area contributed by atoms with E-state index in [0.29, 0.717) is 11.6 Å². The molecule has 0 spiro atoms. The topological polar surface area (TPSA) is 51.6 Å². The van der Waals surface area contributed by atoms with Gasteiger partial charge >= 0.3 is 134 Å². The van der Waals surface area contributed by atoms with Gasteiger partial charge in [-0.05, 0) is 0 Å². The molecule has 6 heteroatoms. The molecule has 3 aromatic rings. The van der Waals surface area contributed by atoms with Crippen molar-refractivity contribution in [1.29, 1.82) is 0 Å². The van der Waals surface area contributed by atoms with Crippen LogP contribution in [0.25, 0.3) is 22.8 Å². The maximum atomic E-state index is 4.22. The second kappa shape index (κ2) is 5.86. The first-order chi connectivity index (χ1) is 9.75. The van der Waals surface area contributed by atoms with E-state index in [9.17, 15) is 0 Å². The van der Waals surface area contributed by atoms with Crippen molar-refractivity contribution in [3.63, 3.8) is 0 Å². The fourth-order valence-electron chi connectivity index (χ4n) is 1.85. The molecule has 3 rings (SSSR count). The molecule has 4 nitrogen and oxygen atoms in total. The first kappa shape index (κ1) is 13.5. The molecule has 0 radical (unpaired) electrons. The van der Waals surface area contributed by atoms with Crippen LogP contribution in [0.3, 0.4) is 0 Å². The zero-order chi connectivity index (χ0) is 13.9. The van der Waals surface area contributed by atoms with Crippen molar-refractivity contribution in [1.82, 2.24) is 20.4 Å². The molecule has 0 saturated carbocycles. The van der Waals surface area contributed by atoms with E-state index in [2.05, 4.69) is 32.5 Å². The molecule has 0 saturated heterocycles. The van der Waals surface area contributed by atoms with Gasteiger partial charge in [-0.3, -0.25) is 0 Å². The third kappa shape index (κ3) is 2.67. The molecule has 20 heavy (non-hydrogen) atoms. The Hall–Kier alpha value is -1.50. The molecule has 0 fully saturated rings. The van der Waals surface area contributed by atoms with Gasteiger partial charge < -0.3 is 0 Å². The summed E-state index contributed by atoms with van der Waals surface area (Å²) in [5.74, 6) is 1.15. The summed E-state index contributed by atoms with van der Waals surface area (Å²) in [4.78, 5) is 0. The summed E-state index contributed by atoms with van der Waals surface area (Å²) in [6, 6.07) is 16.0. The van der Waals surface area contributed by atoms with Crippen LogP contribution in [-0.2, 0) is 0 Å². The van der Waals surface area contributed by atoms with Crippen LogP contribution in [0.5, 0.6) is 0 Å². The van der Waals surface area contributed by atoms with Crippen LogP contribution in [0.1, 0.15) is 0 Å². The summed E-state index contributed by atoms with van der Waals surface area (Å²) in [5, 5.41) is 16.9. The first-order valence-corrected chi connectivity index (χ1v) is 8.45. The SMILES string of the molecule is [AsH2]c1ccccc1-c1nnc(-c2ccccc2[AsH2])nn1. The maximum absolute atomic E-state index is 4.22. The average Bonchev–Trinajstić information content (AvgIpc) is 2.49. The van der Waals surface area contributed by atoms with Gasteiger partial charge in [0.05, 0.1) is 0 Å². The Balaban J connectivity index is 2.01. The quantitative estimate of drug-likeness (QED) is 0.537. The zero-order valence-corrected chi connectivity index (χ0v) is 15.4. The fraction of sp³-hybridized carbons (Fsp3) is 0. The minimum absolute atomic E-state index is 0.577. The van der Waals surface area contributed by atoms with Crippen molar-refractivity contribution in [2.24, 2.45) is 0 Å². The van der Waals surface area contributed by atoms with Crippen LogP contribution >= 0.6 is 0 Å². The van der Waals surface area contributed by atoms with Gasteiger partial charge in [0.2, 0.25) is 0 Å². The molecule has 98 valence electrons. The van der Waals surface area contributed by atoms with Crippen molar-refractivity contribution in [3.8, 4) is 22.8 Å². The number of hydrogen-bond acceptors (Lipinski definition) is 4. The summed E-state index contributed by atoms with van der Waals surface area (Å²) in [7, 11) is 0. The fourth-order valence-corrected chi connectivity index (χ4v) is 3.26. The zero-order valence-electron chi connectivity index (χ0n) is 10.6. The van der Waals surface area contributed by atoms with Gasteiger partial charge in [-0.25, -0.2) is 0 Å². The van der Waals surface area contributed by atoms with Crippen molar-refractivity contribution >= 4 is 42.4 Å². The van der Waals surface area contributed by atoms with Crippen LogP contribution in [0.15, 0.2) is 48.5 Å². The molecule has 0 aliphatic heterocycles. The van der Waals surface area contributed by atoms with Gasteiger partial charge in [-0.1, -0.05) is 0 Å². The molecule has 0 amide bonds. The average molecular weight is 386 g/mol.